The first kappa shape index (κ1) is 8.48. The Balaban J connectivity index is 2.66. The molecule has 0 radical (unpaired) electrons. The standard InChI is InChI=1S/C13H12N2/c1-8-3-4-9(2)13-12(8)10-7-14-6-5-11(10)15-13/h3-7,15H,1-2H3. The van der Waals surface area contributed by atoms with Gasteiger partial charge in [-0.2, -0.15) is 0 Å². The third-order valence-electron chi connectivity index (χ3n) is 2.97. The van der Waals surface area contributed by atoms with E-state index in [0.717, 1.165) is 5.52 Å². The molecule has 2 heterocycles. The lowest BCUT2D eigenvalue weighted by molar-refractivity contribution is 1.36. The number of benzene rings is 1. The van der Waals surface area contributed by atoms with Crippen LogP contribution in [0.4, 0.5) is 0 Å². The summed E-state index contributed by atoms with van der Waals surface area (Å²) in [6, 6.07) is 6.34. The van der Waals surface area contributed by atoms with E-state index in [9.17, 15) is 0 Å². The second kappa shape index (κ2) is 2.83. The van der Waals surface area contributed by atoms with Crippen molar-refractivity contribution < 1.29 is 0 Å². The van der Waals surface area contributed by atoms with E-state index in [1.165, 1.54) is 27.4 Å². The minimum atomic E-state index is 1.16. The van der Waals surface area contributed by atoms with Gasteiger partial charge in [-0.1, -0.05) is 12.1 Å². The molecule has 3 rings (SSSR count). The number of H-pyrrole nitrogens is 1. The first-order chi connectivity index (χ1) is 7.27. The minimum absolute atomic E-state index is 1.16. The van der Waals surface area contributed by atoms with Gasteiger partial charge in [0.2, 0.25) is 0 Å². The fourth-order valence-corrected chi connectivity index (χ4v) is 2.16. The molecule has 0 aliphatic heterocycles. The van der Waals surface area contributed by atoms with Crippen molar-refractivity contribution in [2.45, 2.75) is 13.8 Å². The summed E-state index contributed by atoms with van der Waals surface area (Å²) in [5, 5.41) is 2.52. The van der Waals surface area contributed by atoms with Gasteiger partial charge in [0.05, 0.1) is 0 Å². The minimum Gasteiger partial charge on any atom is -0.354 e. The molecule has 1 aromatic carbocycles. The molecule has 1 N–H and O–H groups in total. The molecule has 0 aliphatic carbocycles. The fraction of sp³-hybridized carbons (Fsp3) is 0.154. The molecule has 74 valence electrons. The Hall–Kier alpha value is -1.83. The van der Waals surface area contributed by atoms with Crippen LogP contribution in [-0.2, 0) is 0 Å². The quantitative estimate of drug-likeness (QED) is 0.587. The van der Waals surface area contributed by atoms with Crippen LogP contribution in [0.1, 0.15) is 11.1 Å². The summed E-state index contributed by atoms with van der Waals surface area (Å²) in [5.74, 6) is 0. The van der Waals surface area contributed by atoms with Crippen molar-refractivity contribution in [3.05, 3.63) is 41.7 Å². The third-order valence-corrected chi connectivity index (χ3v) is 2.97. The molecular formula is C13H12N2. The zero-order chi connectivity index (χ0) is 10.4. The number of aromatic nitrogens is 2. The molecule has 2 heteroatoms. The number of aromatic amines is 1. The highest BCUT2D eigenvalue weighted by Gasteiger charge is 2.07. The van der Waals surface area contributed by atoms with Crippen LogP contribution in [-0.4, -0.2) is 9.97 Å². The molecule has 3 aromatic rings. The van der Waals surface area contributed by atoms with Crippen LogP contribution < -0.4 is 0 Å². The lowest BCUT2D eigenvalue weighted by atomic mass is 10.1. The summed E-state index contributed by atoms with van der Waals surface area (Å²) in [6.45, 7) is 4.27. The van der Waals surface area contributed by atoms with E-state index >= 15 is 0 Å². The predicted molar refractivity (Wildman–Crippen MR) is 63.1 cm³/mol. The average molecular weight is 196 g/mol. The second-order valence-electron chi connectivity index (χ2n) is 4.00. The van der Waals surface area contributed by atoms with E-state index in [1.807, 2.05) is 18.5 Å². The highest BCUT2D eigenvalue weighted by Crippen LogP contribution is 2.29. The number of hydrogen-bond acceptors (Lipinski definition) is 1. The van der Waals surface area contributed by atoms with Crippen molar-refractivity contribution in [3.8, 4) is 0 Å². The molecule has 15 heavy (non-hydrogen) atoms. The van der Waals surface area contributed by atoms with Crippen LogP contribution in [0.5, 0.6) is 0 Å². The number of nitrogens with zero attached hydrogens (tertiary/aromatic N) is 1. The highest BCUT2D eigenvalue weighted by atomic mass is 14.7. The summed E-state index contributed by atoms with van der Waals surface area (Å²) in [4.78, 5) is 7.63. The molecule has 2 aromatic heterocycles. The molecule has 0 bridgehead atoms. The molecule has 0 amide bonds. The summed E-state index contributed by atoms with van der Waals surface area (Å²) >= 11 is 0. The van der Waals surface area contributed by atoms with Gasteiger partial charge >= 0.3 is 0 Å². The molecule has 0 aliphatic rings. The molecule has 0 spiro atoms. The Morgan fingerprint density at radius 3 is 2.73 bits per heavy atom. The normalized spacial score (nSPS) is 11.3. The summed E-state index contributed by atoms with van der Waals surface area (Å²) < 4.78 is 0. The van der Waals surface area contributed by atoms with Crippen molar-refractivity contribution in [1.82, 2.24) is 9.97 Å². The van der Waals surface area contributed by atoms with Crippen molar-refractivity contribution in [2.24, 2.45) is 0 Å². The Morgan fingerprint density at radius 1 is 1.07 bits per heavy atom. The maximum Gasteiger partial charge on any atom is 0.0497 e. The number of rotatable bonds is 0. The highest BCUT2D eigenvalue weighted by molar-refractivity contribution is 6.09. The Bertz CT molecular complexity index is 650. The monoisotopic (exact) mass is 196 g/mol. The Morgan fingerprint density at radius 2 is 1.87 bits per heavy atom. The van der Waals surface area contributed by atoms with Gasteiger partial charge in [0, 0.05) is 34.2 Å². The van der Waals surface area contributed by atoms with Crippen LogP contribution in [0, 0.1) is 13.8 Å². The molecule has 0 saturated carbocycles. The number of hydrogen-bond donors (Lipinski definition) is 1. The molecular weight excluding hydrogens is 184 g/mol. The molecule has 2 nitrogen and oxygen atoms in total. The fourth-order valence-electron chi connectivity index (χ4n) is 2.16. The number of nitrogens with one attached hydrogen (secondary N) is 1. The Kier molecular flexibility index (Phi) is 1.60. The van der Waals surface area contributed by atoms with Crippen LogP contribution in [0.2, 0.25) is 0 Å². The summed E-state index contributed by atoms with van der Waals surface area (Å²) in [6.07, 6.45) is 3.75. The van der Waals surface area contributed by atoms with E-state index in [-0.39, 0.29) is 0 Å². The largest absolute Gasteiger partial charge is 0.354 e. The van der Waals surface area contributed by atoms with Crippen LogP contribution in [0.25, 0.3) is 21.8 Å². The third kappa shape index (κ3) is 1.08. The van der Waals surface area contributed by atoms with Gasteiger partial charge in [-0.15, -0.1) is 0 Å². The Labute approximate surface area is 88.0 Å². The van der Waals surface area contributed by atoms with Crippen molar-refractivity contribution in [3.63, 3.8) is 0 Å². The van der Waals surface area contributed by atoms with Crippen molar-refractivity contribution in [2.75, 3.05) is 0 Å². The van der Waals surface area contributed by atoms with Gasteiger partial charge < -0.3 is 4.98 Å². The van der Waals surface area contributed by atoms with E-state index in [4.69, 9.17) is 0 Å². The first-order valence-corrected chi connectivity index (χ1v) is 5.09. The van der Waals surface area contributed by atoms with Crippen molar-refractivity contribution >= 4 is 21.8 Å². The van der Waals surface area contributed by atoms with E-state index in [2.05, 4.69) is 35.9 Å². The van der Waals surface area contributed by atoms with E-state index in [1.54, 1.807) is 0 Å². The summed E-state index contributed by atoms with van der Waals surface area (Å²) in [7, 11) is 0. The smallest absolute Gasteiger partial charge is 0.0497 e. The number of pyridine rings is 1. The number of fused-ring (bicyclic) bond motifs is 3. The topological polar surface area (TPSA) is 28.7 Å². The van der Waals surface area contributed by atoms with Crippen LogP contribution >= 0.6 is 0 Å². The molecule has 0 atom stereocenters. The summed E-state index contributed by atoms with van der Waals surface area (Å²) in [5.41, 5.74) is 4.98. The van der Waals surface area contributed by atoms with Gasteiger partial charge in [0.25, 0.3) is 0 Å². The van der Waals surface area contributed by atoms with Crippen LogP contribution in [0.15, 0.2) is 30.6 Å². The van der Waals surface area contributed by atoms with Crippen molar-refractivity contribution in [1.29, 1.82) is 0 Å². The van der Waals surface area contributed by atoms with E-state index in [0.29, 0.717) is 0 Å². The molecule has 0 fully saturated rings. The van der Waals surface area contributed by atoms with Crippen LogP contribution in [0.3, 0.4) is 0 Å². The van der Waals surface area contributed by atoms with Gasteiger partial charge in [-0.05, 0) is 31.0 Å². The SMILES string of the molecule is Cc1ccc(C)c2c1[nH]c1ccncc12. The van der Waals surface area contributed by atoms with Gasteiger partial charge in [-0.3, -0.25) is 4.98 Å². The number of aryl methyl sites for hydroxylation is 2. The molecule has 0 unspecified atom stereocenters. The molecule has 0 saturated heterocycles. The maximum absolute atomic E-state index is 4.19. The lowest BCUT2D eigenvalue weighted by Gasteiger charge is -1.99. The van der Waals surface area contributed by atoms with Gasteiger partial charge in [0.1, 0.15) is 0 Å². The average Bonchev–Trinajstić information content (AvgIpc) is 2.64. The van der Waals surface area contributed by atoms with E-state index < -0.39 is 0 Å². The zero-order valence-corrected chi connectivity index (χ0v) is 8.83. The second-order valence-corrected chi connectivity index (χ2v) is 4.00. The maximum atomic E-state index is 4.19. The zero-order valence-electron chi connectivity index (χ0n) is 8.83. The first-order valence-electron chi connectivity index (χ1n) is 5.09. The predicted octanol–water partition coefficient (Wildman–Crippen LogP) is 3.33. The lowest BCUT2D eigenvalue weighted by Crippen LogP contribution is -1.79. The van der Waals surface area contributed by atoms with Gasteiger partial charge in [0.15, 0.2) is 0 Å². The van der Waals surface area contributed by atoms with Gasteiger partial charge in [-0.25, -0.2) is 0 Å².